The summed E-state index contributed by atoms with van der Waals surface area (Å²) in [7, 11) is 0. The maximum Gasteiger partial charge on any atom is 0.139 e. The van der Waals surface area contributed by atoms with E-state index in [4.69, 9.17) is 33.7 Å². The summed E-state index contributed by atoms with van der Waals surface area (Å²) >= 11 is 11.9. The summed E-state index contributed by atoms with van der Waals surface area (Å²) in [4.78, 5) is 0. The number of nitrogens with two attached hydrogens (primary N) is 1. The van der Waals surface area contributed by atoms with Gasteiger partial charge in [0.15, 0.2) is 0 Å². The van der Waals surface area contributed by atoms with Gasteiger partial charge in [-0.05, 0) is 43.9 Å². The number of hydrogen-bond acceptors (Lipinski definition) is 2. The first kappa shape index (κ1) is 12.0. The predicted octanol–water partition coefficient (Wildman–Crippen LogP) is 3.50. The van der Waals surface area contributed by atoms with Crippen molar-refractivity contribution in [2.75, 3.05) is 6.54 Å². The molecule has 0 aromatic heterocycles. The van der Waals surface area contributed by atoms with Gasteiger partial charge >= 0.3 is 0 Å². The smallest absolute Gasteiger partial charge is 0.139 e. The van der Waals surface area contributed by atoms with Gasteiger partial charge in [0, 0.05) is 11.1 Å². The van der Waals surface area contributed by atoms with Crippen molar-refractivity contribution >= 4 is 23.2 Å². The van der Waals surface area contributed by atoms with Gasteiger partial charge in [0.25, 0.3) is 0 Å². The lowest BCUT2D eigenvalue weighted by Gasteiger charge is -2.15. The molecule has 4 heteroatoms. The van der Waals surface area contributed by atoms with Gasteiger partial charge in [0.1, 0.15) is 5.75 Å². The zero-order valence-electron chi connectivity index (χ0n) is 8.96. The van der Waals surface area contributed by atoms with Crippen molar-refractivity contribution in [3.05, 3.63) is 28.2 Å². The lowest BCUT2D eigenvalue weighted by Crippen LogP contribution is -2.15. The number of hydrogen-bond donors (Lipinski definition) is 1. The lowest BCUT2D eigenvalue weighted by molar-refractivity contribution is 0.205. The van der Waals surface area contributed by atoms with Crippen LogP contribution >= 0.6 is 23.2 Å². The van der Waals surface area contributed by atoms with E-state index in [1.807, 2.05) is 0 Å². The molecule has 2 rings (SSSR count). The maximum atomic E-state index is 6.04. The SMILES string of the molecule is NCC1CCC(Oc2cc(Cl)ccc2Cl)C1. The molecule has 0 spiro atoms. The minimum absolute atomic E-state index is 0.226. The molecule has 88 valence electrons. The van der Waals surface area contributed by atoms with Crippen molar-refractivity contribution in [1.82, 2.24) is 0 Å². The van der Waals surface area contributed by atoms with Gasteiger partial charge in [-0.15, -0.1) is 0 Å². The molecule has 0 bridgehead atoms. The fourth-order valence-corrected chi connectivity index (χ4v) is 2.42. The third-order valence-corrected chi connectivity index (χ3v) is 3.56. The molecule has 0 aliphatic heterocycles. The molecular weight excluding hydrogens is 245 g/mol. The summed E-state index contributed by atoms with van der Waals surface area (Å²) in [5, 5.41) is 1.26. The first-order chi connectivity index (χ1) is 7.69. The van der Waals surface area contributed by atoms with Crippen molar-refractivity contribution in [2.24, 2.45) is 11.7 Å². The summed E-state index contributed by atoms with van der Waals surface area (Å²) < 4.78 is 5.85. The molecule has 16 heavy (non-hydrogen) atoms. The Hall–Kier alpha value is -0.440. The first-order valence-corrected chi connectivity index (χ1v) is 6.26. The molecule has 1 aromatic carbocycles. The van der Waals surface area contributed by atoms with E-state index in [9.17, 15) is 0 Å². The Morgan fingerprint density at radius 3 is 2.81 bits per heavy atom. The van der Waals surface area contributed by atoms with E-state index in [0.717, 1.165) is 25.8 Å². The lowest BCUT2D eigenvalue weighted by atomic mass is 10.1. The van der Waals surface area contributed by atoms with Crippen LogP contribution in [0.2, 0.25) is 10.0 Å². The zero-order chi connectivity index (χ0) is 11.5. The Kier molecular flexibility index (Phi) is 3.95. The van der Waals surface area contributed by atoms with E-state index in [-0.39, 0.29) is 6.10 Å². The van der Waals surface area contributed by atoms with E-state index >= 15 is 0 Å². The van der Waals surface area contributed by atoms with Gasteiger partial charge in [-0.3, -0.25) is 0 Å². The second-order valence-electron chi connectivity index (χ2n) is 4.23. The highest BCUT2D eigenvalue weighted by molar-refractivity contribution is 6.34. The average molecular weight is 260 g/mol. The zero-order valence-corrected chi connectivity index (χ0v) is 10.5. The van der Waals surface area contributed by atoms with Crippen LogP contribution < -0.4 is 10.5 Å². The molecule has 1 fully saturated rings. The van der Waals surface area contributed by atoms with E-state index < -0.39 is 0 Å². The average Bonchev–Trinajstić information content (AvgIpc) is 2.71. The minimum Gasteiger partial charge on any atom is -0.489 e. The molecule has 1 aliphatic carbocycles. The number of rotatable bonds is 3. The van der Waals surface area contributed by atoms with E-state index in [2.05, 4.69) is 0 Å². The van der Waals surface area contributed by atoms with Crippen molar-refractivity contribution in [1.29, 1.82) is 0 Å². The topological polar surface area (TPSA) is 35.2 Å². The highest BCUT2D eigenvalue weighted by atomic mass is 35.5. The summed E-state index contributed by atoms with van der Waals surface area (Å²) in [6.07, 6.45) is 3.42. The third-order valence-electron chi connectivity index (χ3n) is 3.01. The minimum atomic E-state index is 0.226. The maximum absolute atomic E-state index is 6.04. The van der Waals surface area contributed by atoms with Gasteiger partial charge in [-0.2, -0.15) is 0 Å². The normalized spacial score (nSPS) is 24.7. The van der Waals surface area contributed by atoms with E-state index in [0.29, 0.717) is 21.7 Å². The molecule has 2 unspecified atom stereocenters. The Labute approximate surface area is 106 Å². The molecule has 0 radical (unpaired) electrons. The Bertz CT molecular complexity index is 370. The molecule has 2 atom stereocenters. The van der Waals surface area contributed by atoms with Crippen LogP contribution in [0.4, 0.5) is 0 Å². The Morgan fingerprint density at radius 1 is 1.31 bits per heavy atom. The molecule has 0 heterocycles. The van der Waals surface area contributed by atoms with Crippen molar-refractivity contribution in [3.8, 4) is 5.75 Å². The summed E-state index contributed by atoms with van der Waals surface area (Å²) in [5.74, 6) is 1.26. The second kappa shape index (κ2) is 5.26. The van der Waals surface area contributed by atoms with Gasteiger partial charge in [-0.25, -0.2) is 0 Å². The quantitative estimate of drug-likeness (QED) is 0.902. The third kappa shape index (κ3) is 2.82. The fraction of sp³-hybridized carbons (Fsp3) is 0.500. The van der Waals surface area contributed by atoms with E-state index in [1.165, 1.54) is 0 Å². The molecule has 0 saturated heterocycles. The highest BCUT2D eigenvalue weighted by Crippen LogP contribution is 2.33. The van der Waals surface area contributed by atoms with Gasteiger partial charge in [0.05, 0.1) is 11.1 Å². The van der Waals surface area contributed by atoms with Crippen LogP contribution in [0.15, 0.2) is 18.2 Å². The van der Waals surface area contributed by atoms with Crippen molar-refractivity contribution in [3.63, 3.8) is 0 Å². The van der Waals surface area contributed by atoms with Crippen molar-refractivity contribution in [2.45, 2.75) is 25.4 Å². The molecular formula is C12H15Cl2NO. The first-order valence-electron chi connectivity index (χ1n) is 5.51. The van der Waals surface area contributed by atoms with E-state index in [1.54, 1.807) is 18.2 Å². The summed E-state index contributed by atoms with van der Waals surface area (Å²) in [5.41, 5.74) is 5.64. The number of ether oxygens (including phenoxy) is 1. The van der Waals surface area contributed by atoms with Crippen LogP contribution in [-0.4, -0.2) is 12.6 Å². The molecule has 2 N–H and O–H groups in total. The molecule has 1 saturated carbocycles. The number of halogens is 2. The standard InChI is InChI=1S/C12H15Cl2NO/c13-9-2-4-11(14)12(6-9)16-10-3-1-8(5-10)7-15/h2,4,6,8,10H,1,3,5,7,15H2. The van der Waals surface area contributed by atoms with Crippen LogP contribution in [0.1, 0.15) is 19.3 Å². The van der Waals surface area contributed by atoms with Crippen LogP contribution in [0, 0.1) is 5.92 Å². The predicted molar refractivity (Wildman–Crippen MR) is 67.3 cm³/mol. The summed E-state index contributed by atoms with van der Waals surface area (Å²) in [6.45, 7) is 0.739. The van der Waals surface area contributed by atoms with Crippen LogP contribution in [0.25, 0.3) is 0 Å². The second-order valence-corrected chi connectivity index (χ2v) is 5.07. The van der Waals surface area contributed by atoms with Crippen LogP contribution in [0.3, 0.4) is 0 Å². The van der Waals surface area contributed by atoms with Gasteiger partial charge < -0.3 is 10.5 Å². The number of benzene rings is 1. The molecule has 2 nitrogen and oxygen atoms in total. The molecule has 1 aliphatic rings. The summed E-state index contributed by atoms with van der Waals surface area (Å²) in [6, 6.07) is 5.28. The Morgan fingerprint density at radius 2 is 2.12 bits per heavy atom. The molecule has 1 aromatic rings. The van der Waals surface area contributed by atoms with Crippen LogP contribution in [-0.2, 0) is 0 Å². The largest absolute Gasteiger partial charge is 0.489 e. The monoisotopic (exact) mass is 259 g/mol. The highest BCUT2D eigenvalue weighted by Gasteiger charge is 2.25. The Balaban J connectivity index is 2.01. The van der Waals surface area contributed by atoms with Crippen LogP contribution in [0.5, 0.6) is 5.75 Å². The fourth-order valence-electron chi connectivity index (χ4n) is 2.10. The van der Waals surface area contributed by atoms with Crippen molar-refractivity contribution < 1.29 is 4.74 Å². The molecule has 0 amide bonds. The van der Waals surface area contributed by atoms with Gasteiger partial charge in [0.2, 0.25) is 0 Å². The van der Waals surface area contributed by atoms with Gasteiger partial charge in [-0.1, -0.05) is 23.2 Å².